The predicted octanol–water partition coefficient (Wildman–Crippen LogP) is 2.70. The maximum Gasteiger partial charge on any atom is 0.420 e. The first-order chi connectivity index (χ1) is 13.5. The number of nitrogens with zero attached hydrogens (tertiary/aromatic N) is 2. The van der Waals surface area contributed by atoms with Crippen molar-refractivity contribution >= 4 is 23.0 Å². The average Bonchev–Trinajstić information content (AvgIpc) is 3.04. The van der Waals surface area contributed by atoms with Gasteiger partial charge in [0.15, 0.2) is 5.58 Å². The number of fused-ring (bicyclic) bond motifs is 1. The second-order valence-electron chi connectivity index (χ2n) is 6.96. The summed E-state index contributed by atoms with van der Waals surface area (Å²) in [5.74, 6) is -1.51. The Morgan fingerprint density at radius 3 is 2.46 bits per heavy atom. The lowest BCUT2D eigenvalue weighted by atomic mass is 10.0. The molecule has 1 fully saturated rings. The van der Waals surface area contributed by atoms with Gasteiger partial charge in [-0.2, -0.15) is 0 Å². The van der Waals surface area contributed by atoms with Crippen LogP contribution in [0.2, 0.25) is 0 Å². The quantitative estimate of drug-likeness (QED) is 0.751. The summed E-state index contributed by atoms with van der Waals surface area (Å²) in [6.45, 7) is 1.04. The van der Waals surface area contributed by atoms with Gasteiger partial charge in [-0.25, -0.2) is 9.59 Å². The number of carbonyl (C=O) groups excluding carboxylic acids is 1. The molecule has 2 heterocycles. The van der Waals surface area contributed by atoms with Crippen LogP contribution in [0, 0.1) is 0 Å². The summed E-state index contributed by atoms with van der Waals surface area (Å²) >= 11 is 0. The van der Waals surface area contributed by atoms with Crippen LogP contribution in [0.5, 0.6) is 0 Å². The molecule has 1 amide bonds. The number of para-hydroxylation sites is 2. The van der Waals surface area contributed by atoms with Crippen LogP contribution in [0.3, 0.4) is 0 Å². The molecule has 1 aromatic heterocycles. The second kappa shape index (κ2) is 7.34. The Morgan fingerprint density at radius 2 is 1.71 bits per heavy atom. The van der Waals surface area contributed by atoms with Crippen molar-refractivity contribution in [2.75, 3.05) is 13.1 Å². The first-order valence-electron chi connectivity index (χ1n) is 9.23. The van der Waals surface area contributed by atoms with Gasteiger partial charge in [0.2, 0.25) is 5.91 Å². The lowest BCUT2D eigenvalue weighted by Gasteiger charge is -2.32. The number of aromatic carboxylic acids is 1. The van der Waals surface area contributed by atoms with E-state index in [-0.39, 0.29) is 29.7 Å². The van der Waals surface area contributed by atoms with Crippen LogP contribution in [0.4, 0.5) is 0 Å². The molecule has 1 aliphatic heterocycles. The summed E-state index contributed by atoms with van der Waals surface area (Å²) in [6, 6.07) is 13.9. The minimum absolute atomic E-state index is 0.0218. The van der Waals surface area contributed by atoms with Crippen LogP contribution >= 0.6 is 0 Å². The average molecular weight is 380 g/mol. The Morgan fingerprint density at radius 1 is 1.04 bits per heavy atom. The molecule has 144 valence electrons. The van der Waals surface area contributed by atoms with Gasteiger partial charge in [0, 0.05) is 19.1 Å². The molecule has 28 heavy (non-hydrogen) atoms. The van der Waals surface area contributed by atoms with Crippen LogP contribution in [-0.4, -0.2) is 39.5 Å². The van der Waals surface area contributed by atoms with Crippen molar-refractivity contribution in [2.45, 2.75) is 25.3 Å². The van der Waals surface area contributed by atoms with Crippen molar-refractivity contribution in [3.05, 3.63) is 70.2 Å². The first kappa shape index (κ1) is 18.0. The molecule has 3 aromatic rings. The van der Waals surface area contributed by atoms with Crippen LogP contribution in [0.1, 0.15) is 34.8 Å². The minimum atomic E-state index is -1.03. The summed E-state index contributed by atoms with van der Waals surface area (Å²) in [5.41, 5.74) is 2.00. The lowest BCUT2D eigenvalue weighted by Crippen LogP contribution is -2.41. The number of oxazole rings is 1. The SMILES string of the molecule is O=C(O)c1ccccc1CC(=O)N1CCC(n2c(=O)oc3ccccc32)CC1. The fourth-order valence-electron chi connectivity index (χ4n) is 3.86. The Balaban J connectivity index is 1.46. The van der Waals surface area contributed by atoms with E-state index in [2.05, 4.69) is 0 Å². The number of carboxylic acids is 1. The zero-order chi connectivity index (χ0) is 19.7. The van der Waals surface area contributed by atoms with Crippen LogP contribution in [-0.2, 0) is 11.2 Å². The fraction of sp³-hybridized carbons (Fsp3) is 0.286. The van der Waals surface area contributed by atoms with Gasteiger partial charge in [0.1, 0.15) is 0 Å². The zero-order valence-electron chi connectivity index (χ0n) is 15.2. The molecule has 2 aromatic carbocycles. The van der Waals surface area contributed by atoms with Crippen molar-refractivity contribution < 1.29 is 19.1 Å². The van der Waals surface area contributed by atoms with Crippen LogP contribution in [0.15, 0.2) is 57.7 Å². The molecule has 4 rings (SSSR count). The number of hydrogen-bond donors (Lipinski definition) is 1. The normalized spacial score (nSPS) is 15.1. The fourth-order valence-corrected chi connectivity index (χ4v) is 3.86. The van der Waals surface area contributed by atoms with Gasteiger partial charge < -0.3 is 14.4 Å². The third kappa shape index (κ3) is 3.31. The van der Waals surface area contributed by atoms with Crippen LogP contribution in [0.25, 0.3) is 11.1 Å². The van der Waals surface area contributed by atoms with E-state index < -0.39 is 5.97 Å². The summed E-state index contributed by atoms with van der Waals surface area (Å²) in [7, 11) is 0. The standard InChI is InChI=1S/C21H20N2O5/c24-19(13-14-5-1-2-6-16(14)20(25)26)22-11-9-15(10-12-22)23-17-7-3-4-8-18(17)28-21(23)27/h1-8,15H,9-13H2,(H,25,26). The number of benzene rings is 2. The van der Waals surface area contributed by atoms with Crippen molar-refractivity contribution in [2.24, 2.45) is 0 Å². The van der Waals surface area contributed by atoms with Crippen molar-refractivity contribution in [3.8, 4) is 0 Å². The van der Waals surface area contributed by atoms with Crippen LogP contribution < -0.4 is 5.76 Å². The topological polar surface area (TPSA) is 92.8 Å². The Bertz CT molecular complexity index is 1090. The molecule has 1 N–H and O–H groups in total. The number of piperidine rings is 1. The molecule has 0 aliphatic carbocycles. The van der Waals surface area contributed by atoms with Gasteiger partial charge in [-0.15, -0.1) is 0 Å². The maximum atomic E-state index is 12.7. The number of carboxylic acid groups (broad SMARTS) is 1. The first-order valence-corrected chi connectivity index (χ1v) is 9.23. The van der Waals surface area contributed by atoms with Gasteiger partial charge in [-0.1, -0.05) is 30.3 Å². The largest absolute Gasteiger partial charge is 0.478 e. The van der Waals surface area contributed by atoms with E-state index in [9.17, 15) is 19.5 Å². The smallest absolute Gasteiger partial charge is 0.420 e. The van der Waals surface area contributed by atoms with Gasteiger partial charge in [0.05, 0.1) is 17.5 Å². The number of hydrogen-bond acceptors (Lipinski definition) is 4. The van der Waals surface area contributed by atoms with E-state index in [1.807, 2.05) is 18.2 Å². The molecule has 0 spiro atoms. The Kier molecular flexibility index (Phi) is 4.73. The van der Waals surface area contributed by atoms with Gasteiger partial charge in [-0.05, 0) is 36.6 Å². The maximum absolute atomic E-state index is 12.7. The molecular formula is C21H20N2O5. The van der Waals surface area contributed by atoms with E-state index in [1.165, 1.54) is 6.07 Å². The second-order valence-corrected chi connectivity index (χ2v) is 6.96. The molecule has 0 bridgehead atoms. The molecule has 1 aliphatic rings. The van der Waals surface area contributed by atoms with E-state index in [0.29, 0.717) is 37.1 Å². The number of rotatable bonds is 4. The lowest BCUT2D eigenvalue weighted by molar-refractivity contribution is -0.131. The number of likely N-dealkylation sites (tertiary alicyclic amines) is 1. The minimum Gasteiger partial charge on any atom is -0.478 e. The highest BCUT2D eigenvalue weighted by Gasteiger charge is 2.27. The van der Waals surface area contributed by atoms with Crippen molar-refractivity contribution in [1.29, 1.82) is 0 Å². The highest BCUT2D eigenvalue weighted by molar-refractivity contribution is 5.91. The molecule has 0 atom stereocenters. The van der Waals surface area contributed by atoms with Gasteiger partial charge in [-0.3, -0.25) is 9.36 Å². The predicted molar refractivity (Wildman–Crippen MR) is 102 cm³/mol. The third-order valence-corrected chi connectivity index (χ3v) is 5.29. The molecule has 7 nitrogen and oxygen atoms in total. The summed E-state index contributed by atoms with van der Waals surface area (Å²) in [4.78, 5) is 38.0. The summed E-state index contributed by atoms with van der Waals surface area (Å²) in [6.07, 6.45) is 1.35. The molecule has 1 saturated heterocycles. The monoisotopic (exact) mass is 380 g/mol. The number of aromatic nitrogens is 1. The molecule has 0 unspecified atom stereocenters. The third-order valence-electron chi connectivity index (χ3n) is 5.29. The van der Waals surface area contributed by atoms with Crippen molar-refractivity contribution in [1.82, 2.24) is 9.47 Å². The number of amides is 1. The number of carbonyl (C=O) groups is 2. The molecule has 7 heteroatoms. The molecule has 0 radical (unpaired) electrons. The van der Waals surface area contributed by atoms with Crippen molar-refractivity contribution in [3.63, 3.8) is 0 Å². The molecule has 0 saturated carbocycles. The summed E-state index contributed by atoms with van der Waals surface area (Å²) in [5, 5.41) is 9.28. The van der Waals surface area contributed by atoms with E-state index >= 15 is 0 Å². The van der Waals surface area contributed by atoms with Gasteiger partial charge >= 0.3 is 11.7 Å². The van der Waals surface area contributed by atoms with Gasteiger partial charge in [0.25, 0.3) is 0 Å². The highest BCUT2D eigenvalue weighted by atomic mass is 16.4. The van der Waals surface area contributed by atoms with E-state index in [1.54, 1.807) is 33.7 Å². The van der Waals surface area contributed by atoms with E-state index in [0.717, 1.165) is 5.52 Å². The Labute approximate surface area is 160 Å². The Hall–Kier alpha value is -3.35. The zero-order valence-corrected chi connectivity index (χ0v) is 15.2. The molecular weight excluding hydrogens is 360 g/mol. The summed E-state index contributed by atoms with van der Waals surface area (Å²) < 4.78 is 6.99. The van der Waals surface area contributed by atoms with E-state index in [4.69, 9.17) is 4.42 Å². The highest BCUT2D eigenvalue weighted by Crippen LogP contribution is 2.26.